The Hall–Kier alpha value is 0.490. The minimum Gasteiger partial charge on any atom is -0.238 e. The Morgan fingerprint density at radius 3 is 3.08 bits per heavy atom. The van der Waals surface area contributed by atoms with Crippen molar-refractivity contribution < 1.29 is 0 Å². The van der Waals surface area contributed by atoms with Crippen LogP contribution in [0.3, 0.4) is 0 Å². The minimum absolute atomic E-state index is 0.709. The van der Waals surface area contributed by atoms with Gasteiger partial charge in [-0.2, -0.15) is 0 Å². The molecule has 0 radical (unpaired) electrons. The van der Waals surface area contributed by atoms with Gasteiger partial charge in [-0.05, 0) is 34.0 Å². The third-order valence-corrected chi connectivity index (χ3v) is 3.82. The molecule has 5 heteroatoms. The molecule has 0 spiro atoms. The van der Waals surface area contributed by atoms with Crippen molar-refractivity contribution in [2.45, 2.75) is 13.3 Å². The number of rotatable bonds is 2. The van der Waals surface area contributed by atoms with E-state index in [1.165, 1.54) is 0 Å². The zero-order chi connectivity index (χ0) is 8.97. The fourth-order valence-corrected chi connectivity index (χ4v) is 2.13. The van der Waals surface area contributed by atoms with Crippen molar-refractivity contribution in [1.82, 2.24) is 0 Å². The Morgan fingerprint density at radius 2 is 2.58 bits per heavy atom. The standard InChI is InChI=1S/C7H8ClNS3/c1-5(12-8)7(10)9-6-3-2-4-11-6/h2,4,10H,3H2,1H3/b7-5-,9-6+. The number of aliphatic imine (C=N–C) groups is 1. The van der Waals surface area contributed by atoms with Crippen molar-refractivity contribution in [2.24, 2.45) is 4.99 Å². The summed E-state index contributed by atoms with van der Waals surface area (Å²) in [6.45, 7) is 1.90. The Morgan fingerprint density at radius 1 is 1.83 bits per heavy atom. The van der Waals surface area contributed by atoms with Crippen LogP contribution in [0, 0.1) is 0 Å². The number of allylic oxidation sites excluding steroid dienone is 2. The maximum atomic E-state index is 5.55. The molecule has 0 aromatic carbocycles. The van der Waals surface area contributed by atoms with Crippen LogP contribution in [0.1, 0.15) is 13.3 Å². The highest BCUT2D eigenvalue weighted by Crippen LogP contribution is 2.28. The van der Waals surface area contributed by atoms with Crippen LogP contribution in [0.2, 0.25) is 0 Å². The molecular weight excluding hydrogens is 230 g/mol. The number of hydrogen-bond donors (Lipinski definition) is 1. The second-order valence-corrected chi connectivity index (χ2v) is 4.79. The van der Waals surface area contributed by atoms with Crippen LogP contribution in [0.4, 0.5) is 0 Å². The minimum atomic E-state index is 0.709. The average Bonchev–Trinajstić information content (AvgIpc) is 2.55. The Balaban J connectivity index is 2.66. The summed E-state index contributed by atoms with van der Waals surface area (Å²) in [5.41, 5.74) is 0. The lowest BCUT2D eigenvalue weighted by Crippen LogP contribution is -1.83. The van der Waals surface area contributed by atoms with Crippen molar-refractivity contribution >= 4 is 51.1 Å². The van der Waals surface area contributed by atoms with Crippen molar-refractivity contribution in [3.8, 4) is 0 Å². The molecule has 0 saturated carbocycles. The highest BCUT2D eigenvalue weighted by molar-refractivity contribution is 8.24. The first-order valence-electron chi connectivity index (χ1n) is 3.31. The van der Waals surface area contributed by atoms with E-state index in [1.54, 1.807) is 11.8 Å². The van der Waals surface area contributed by atoms with Crippen molar-refractivity contribution in [3.05, 3.63) is 21.4 Å². The van der Waals surface area contributed by atoms with E-state index in [0.717, 1.165) is 27.3 Å². The summed E-state index contributed by atoms with van der Waals surface area (Å²) >= 11 is 5.86. The molecule has 1 aliphatic heterocycles. The van der Waals surface area contributed by atoms with Crippen LogP contribution in [0.5, 0.6) is 0 Å². The molecule has 0 aromatic heterocycles. The van der Waals surface area contributed by atoms with E-state index in [-0.39, 0.29) is 0 Å². The maximum absolute atomic E-state index is 5.55. The van der Waals surface area contributed by atoms with Crippen molar-refractivity contribution in [3.63, 3.8) is 0 Å². The number of thiol groups is 1. The molecule has 12 heavy (non-hydrogen) atoms. The molecule has 66 valence electrons. The zero-order valence-corrected chi connectivity index (χ0v) is 9.73. The molecule has 0 aliphatic carbocycles. The van der Waals surface area contributed by atoms with E-state index >= 15 is 0 Å². The molecule has 1 heterocycles. The topological polar surface area (TPSA) is 12.4 Å². The van der Waals surface area contributed by atoms with Crippen LogP contribution >= 0.6 is 46.0 Å². The first kappa shape index (κ1) is 10.6. The molecule has 1 nitrogen and oxygen atoms in total. The second-order valence-electron chi connectivity index (χ2n) is 2.16. The summed E-state index contributed by atoms with van der Waals surface area (Å²) < 4.78 is 0. The monoisotopic (exact) mass is 237 g/mol. The lowest BCUT2D eigenvalue weighted by molar-refractivity contribution is 1.42. The van der Waals surface area contributed by atoms with E-state index in [2.05, 4.69) is 23.7 Å². The molecule has 0 saturated heterocycles. The average molecular weight is 238 g/mol. The summed E-state index contributed by atoms with van der Waals surface area (Å²) in [6, 6.07) is 0. The van der Waals surface area contributed by atoms with Gasteiger partial charge >= 0.3 is 0 Å². The van der Waals surface area contributed by atoms with Crippen LogP contribution in [-0.4, -0.2) is 5.04 Å². The van der Waals surface area contributed by atoms with Crippen LogP contribution < -0.4 is 0 Å². The molecule has 1 aliphatic rings. The fourth-order valence-electron chi connectivity index (χ4n) is 0.627. The van der Waals surface area contributed by atoms with Gasteiger partial charge in [-0.1, -0.05) is 17.8 Å². The number of thioether (sulfide) groups is 1. The fraction of sp³-hybridized carbons (Fsp3) is 0.286. The molecule has 0 atom stereocenters. The summed E-state index contributed by atoms with van der Waals surface area (Å²) in [4.78, 5) is 5.23. The first-order chi connectivity index (χ1) is 5.74. The molecule has 0 amide bonds. The molecule has 1 rings (SSSR count). The molecule has 0 bridgehead atoms. The quantitative estimate of drug-likeness (QED) is 0.728. The Labute approximate surface area is 90.6 Å². The first-order valence-corrected chi connectivity index (χ1v) is 6.28. The lowest BCUT2D eigenvalue weighted by Gasteiger charge is -1.97. The van der Waals surface area contributed by atoms with Gasteiger partial charge in [-0.25, -0.2) is 4.99 Å². The van der Waals surface area contributed by atoms with Gasteiger partial charge in [0.15, 0.2) is 0 Å². The molecule has 0 aromatic rings. The summed E-state index contributed by atoms with van der Waals surface area (Å²) in [5, 5.41) is 3.81. The third-order valence-electron chi connectivity index (χ3n) is 1.25. The Bertz CT molecular complexity index is 247. The van der Waals surface area contributed by atoms with Gasteiger partial charge in [0.1, 0.15) is 5.03 Å². The third kappa shape index (κ3) is 3.09. The van der Waals surface area contributed by atoms with Gasteiger partial charge in [-0.3, -0.25) is 0 Å². The number of nitrogens with zero attached hydrogens (tertiary/aromatic N) is 1. The van der Waals surface area contributed by atoms with Gasteiger partial charge in [-0.15, -0.1) is 12.6 Å². The van der Waals surface area contributed by atoms with Gasteiger partial charge in [0, 0.05) is 11.3 Å². The number of hydrogen-bond acceptors (Lipinski definition) is 4. The molecule has 0 fully saturated rings. The predicted octanol–water partition coefficient (Wildman–Crippen LogP) is 4.04. The second kappa shape index (κ2) is 5.27. The molecule has 0 unspecified atom stereocenters. The van der Waals surface area contributed by atoms with E-state index in [9.17, 15) is 0 Å². The van der Waals surface area contributed by atoms with E-state index in [0.29, 0.717) is 5.03 Å². The smallest absolute Gasteiger partial charge is 0.104 e. The van der Waals surface area contributed by atoms with Gasteiger partial charge in [0.25, 0.3) is 0 Å². The van der Waals surface area contributed by atoms with Crippen LogP contribution in [-0.2, 0) is 0 Å². The highest BCUT2D eigenvalue weighted by atomic mass is 35.7. The van der Waals surface area contributed by atoms with Gasteiger partial charge in [0.05, 0.1) is 5.04 Å². The highest BCUT2D eigenvalue weighted by Gasteiger charge is 2.03. The maximum Gasteiger partial charge on any atom is 0.104 e. The summed E-state index contributed by atoms with van der Waals surface area (Å²) in [5.74, 6) is 0. The van der Waals surface area contributed by atoms with Crippen molar-refractivity contribution in [1.29, 1.82) is 0 Å². The predicted molar refractivity (Wildman–Crippen MR) is 63.9 cm³/mol. The lowest BCUT2D eigenvalue weighted by atomic mass is 10.5. The summed E-state index contributed by atoms with van der Waals surface area (Å²) in [6.07, 6.45) is 2.99. The van der Waals surface area contributed by atoms with Crippen molar-refractivity contribution in [2.75, 3.05) is 0 Å². The largest absolute Gasteiger partial charge is 0.238 e. The molecular formula is C7H8ClNS3. The van der Waals surface area contributed by atoms with Crippen LogP contribution in [0.25, 0.3) is 0 Å². The van der Waals surface area contributed by atoms with Crippen LogP contribution in [0.15, 0.2) is 26.4 Å². The SMILES string of the molecule is C/C(SCl)=C(S)\N=C1/CC=CS1. The van der Waals surface area contributed by atoms with E-state index < -0.39 is 0 Å². The number of halogens is 1. The van der Waals surface area contributed by atoms with Gasteiger partial charge < -0.3 is 0 Å². The van der Waals surface area contributed by atoms with Gasteiger partial charge in [0.2, 0.25) is 0 Å². The van der Waals surface area contributed by atoms with E-state index in [4.69, 9.17) is 10.7 Å². The summed E-state index contributed by atoms with van der Waals surface area (Å²) in [7, 11) is 6.71. The Kier molecular flexibility index (Phi) is 4.64. The van der Waals surface area contributed by atoms with E-state index in [1.807, 2.05) is 12.3 Å². The normalized spacial score (nSPS) is 21.8. The molecule has 0 N–H and O–H groups in total. The zero-order valence-electron chi connectivity index (χ0n) is 6.45.